The fraction of sp³-hybridized carbons (Fsp3) is 0.471. The number of rotatable bonds is 4. The molecule has 0 unspecified atom stereocenters. The predicted octanol–water partition coefficient (Wildman–Crippen LogP) is 2.28. The van der Waals surface area contributed by atoms with Crippen LogP contribution in [-0.2, 0) is 11.3 Å². The van der Waals surface area contributed by atoms with Crippen LogP contribution < -0.4 is 5.32 Å². The Bertz CT molecular complexity index is 894. The zero-order valence-electron chi connectivity index (χ0n) is 14.1. The molecule has 0 radical (unpaired) electrons. The van der Waals surface area contributed by atoms with Crippen molar-refractivity contribution in [3.8, 4) is 11.5 Å². The first-order valence-electron chi connectivity index (χ1n) is 8.63. The van der Waals surface area contributed by atoms with E-state index < -0.39 is 0 Å². The average molecular weight is 340 g/mol. The largest absolute Gasteiger partial charge is 0.349 e. The Hall–Kier alpha value is -2.77. The molecule has 8 heteroatoms. The Morgan fingerprint density at radius 1 is 1.32 bits per heavy atom. The summed E-state index contributed by atoms with van der Waals surface area (Å²) in [5, 5.41) is 15.3. The van der Waals surface area contributed by atoms with Gasteiger partial charge in [0.05, 0.1) is 12.1 Å². The van der Waals surface area contributed by atoms with Crippen LogP contribution >= 0.6 is 0 Å². The third-order valence-corrected chi connectivity index (χ3v) is 4.66. The quantitative estimate of drug-likeness (QED) is 0.782. The molecule has 4 rings (SSSR count). The van der Waals surface area contributed by atoms with Gasteiger partial charge in [-0.05, 0) is 31.9 Å². The highest BCUT2D eigenvalue weighted by molar-refractivity contribution is 5.78. The smallest absolute Gasteiger partial charge is 0.261 e. The van der Waals surface area contributed by atoms with Crippen LogP contribution in [0.15, 0.2) is 22.9 Å². The summed E-state index contributed by atoms with van der Waals surface area (Å²) in [5.74, 6) is 1.90. The fourth-order valence-electron chi connectivity index (χ4n) is 3.33. The minimum absolute atomic E-state index is 0.111. The Labute approximate surface area is 144 Å². The van der Waals surface area contributed by atoms with Crippen molar-refractivity contribution in [1.29, 1.82) is 0 Å². The summed E-state index contributed by atoms with van der Waals surface area (Å²) < 4.78 is 7.08. The number of nitrogens with zero attached hydrogens (tertiary/aromatic N) is 5. The van der Waals surface area contributed by atoms with E-state index in [1.807, 2.05) is 22.7 Å². The van der Waals surface area contributed by atoms with E-state index in [-0.39, 0.29) is 11.8 Å². The van der Waals surface area contributed by atoms with Crippen molar-refractivity contribution in [3.63, 3.8) is 0 Å². The lowest BCUT2D eigenvalue weighted by atomic mass is 9.89. The molecule has 0 bridgehead atoms. The molecule has 0 atom stereocenters. The molecule has 0 aromatic carbocycles. The number of carbonyl (C=O) groups excluding carboxylic acids is 1. The first kappa shape index (κ1) is 15.7. The Balaban J connectivity index is 1.54. The lowest BCUT2D eigenvalue weighted by Crippen LogP contribution is -2.32. The number of fused-ring (bicyclic) bond motifs is 1. The molecular weight excluding hydrogens is 320 g/mol. The second-order valence-electron chi connectivity index (χ2n) is 6.43. The predicted molar refractivity (Wildman–Crippen MR) is 89.4 cm³/mol. The molecule has 3 heterocycles. The van der Waals surface area contributed by atoms with E-state index in [1.165, 1.54) is 6.42 Å². The summed E-state index contributed by atoms with van der Waals surface area (Å²) in [7, 11) is 0. The van der Waals surface area contributed by atoms with Gasteiger partial charge in [0.25, 0.3) is 5.89 Å². The SMILES string of the molecule is Cc1noc(-c2cccn3c(CNC(=O)C4CCCCC4)nnc23)n1. The van der Waals surface area contributed by atoms with Gasteiger partial charge >= 0.3 is 0 Å². The van der Waals surface area contributed by atoms with Crippen LogP contribution in [0.1, 0.15) is 43.8 Å². The van der Waals surface area contributed by atoms with Crippen molar-refractivity contribution in [2.75, 3.05) is 0 Å². The van der Waals surface area contributed by atoms with Crippen molar-refractivity contribution in [3.05, 3.63) is 30.0 Å². The number of hydrogen-bond donors (Lipinski definition) is 1. The number of aryl methyl sites for hydroxylation is 1. The average Bonchev–Trinajstić information content (AvgIpc) is 3.26. The van der Waals surface area contributed by atoms with Gasteiger partial charge < -0.3 is 9.84 Å². The van der Waals surface area contributed by atoms with Crippen LogP contribution in [-0.4, -0.2) is 30.6 Å². The zero-order valence-corrected chi connectivity index (χ0v) is 14.1. The Morgan fingerprint density at radius 3 is 2.92 bits per heavy atom. The van der Waals surface area contributed by atoms with Crippen LogP contribution in [0, 0.1) is 12.8 Å². The van der Waals surface area contributed by atoms with Gasteiger partial charge in [-0.1, -0.05) is 24.4 Å². The maximum absolute atomic E-state index is 12.3. The summed E-state index contributed by atoms with van der Waals surface area (Å²) in [6.07, 6.45) is 7.33. The number of nitrogens with one attached hydrogen (secondary N) is 1. The summed E-state index contributed by atoms with van der Waals surface area (Å²) in [6, 6.07) is 3.74. The minimum Gasteiger partial charge on any atom is -0.349 e. The van der Waals surface area contributed by atoms with Gasteiger partial charge in [0.1, 0.15) is 0 Å². The van der Waals surface area contributed by atoms with Gasteiger partial charge in [-0.2, -0.15) is 4.98 Å². The van der Waals surface area contributed by atoms with Crippen LogP contribution in [0.2, 0.25) is 0 Å². The maximum Gasteiger partial charge on any atom is 0.261 e. The zero-order chi connectivity index (χ0) is 17.2. The second-order valence-corrected chi connectivity index (χ2v) is 6.43. The summed E-state index contributed by atoms with van der Waals surface area (Å²) in [5.41, 5.74) is 1.36. The number of amides is 1. The van der Waals surface area contributed by atoms with E-state index >= 15 is 0 Å². The number of carbonyl (C=O) groups is 1. The maximum atomic E-state index is 12.3. The second kappa shape index (κ2) is 6.62. The molecule has 0 saturated heterocycles. The number of hydrogen-bond acceptors (Lipinski definition) is 6. The molecule has 1 amide bonds. The van der Waals surface area contributed by atoms with E-state index in [0.717, 1.165) is 31.2 Å². The van der Waals surface area contributed by atoms with E-state index in [4.69, 9.17) is 4.52 Å². The highest BCUT2D eigenvalue weighted by Gasteiger charge is 2.21. The lowest BCUT2D eigenvalue weighted by Gasteiger charge is -2.20. The van der Waals surface area contributed by atoms with Crippen molar-refractivity contribution >= 4 is 11.6 Å². The number of pyridine rings is 1. The minimum atomic E-state index is 0.111. The molecule has 1 aliphatic carbocycles. The van der Waals surface area contributed by atoms with Crippen molar-refractivity contribution in [2.45, 2.75) is 45.6 Å². The normalized spacial score (nSPS) is 15.6. The Kier molecular flexibility index (Phi) is 4.17. The van der Waals surface area contributed by atoms with Crippen LogP contribution in [0.3, 0.4) is 0 Å². The molecule has 1 N–H and O–H groups in total. The van der Waals surface area contributed by atoms with Crippen molar-refractivity contribution in [1.82, 2.24) is 30.1 Å². The highest BCUT2D eigenvalue weighted by atomic mass is 16.5. The topological polar surface area (TPSA) is 98.2 Å². The molecule has 25 heavy (non-hydrogen) atoms. The first-order valence-corrected chi connectivity index (χ1v) is 8.63. The lowest BCUT2D eigenvalue weighted by molar-refractivity contribution is -0.126. The van der Waals surface area contributed by atoms with E-state index in [1.54, 1.807) is 6.92 Å². The van der Waals surface area contributed by atoms with Gasteiger partial charge in [-0.3, -0.25) is 9.20 Å². The standard InChI is InChI=1S/C17H20N6O2/c1-11-19-17(25-22-11)13-8-5-9-23-14(20-21-15(13)23)10-18-16(24)12-6-3-2-4-7-12/h5,8-9,12H,2-4,6-7,10H2,1H3,(H,18,24). The molecule has 8 nitrogen and oxygen atoms in total. The molecule has 3 aromatic heterocycles. The third kappa shape index (κ3) is 3.11. The van der Waals surface area contributed by atoms with Crippen molar-refractivity contribution < 1.29 is 9.32 Å². The van der Waals surface area contributed by atoms with Gasteiger partial charge in [0, 0.05) is 12.1 Å². The first-order chi connectivity index (χ1) is 12.2. The van der Waals surface area contributed by atoms with Gasteiger partial charge in [0.2, 0.25) is 5.91 Å². The highest BCUT2D eigenvalue weighted by Crippen LogP contribution is 2.24. The molecular formula is C17H20N6O2. The van der Waals surface area contributed by atoms with Crippen LogP contribution in [0.25, 0.3) is 17.1 Å². The fourth-order valence-corrected chi connectivity index (χ4v) is 3.33. The molecule has 1 fully saturated rings. The molecule has 0 spiro atoms. The van der Waals surface area contributed by atoms with Gasteiger partial charge in [-0.25, -0.2) is 0 Å². The van der Waals surface area contributed by atoms with E-state index in [0.29, 0.717) is 29.7 Å². The Morgan fingerprint density at radius 2 is 2.16 bits per heavy atom. The van der Waals surface area contributed by atoms with E-state index in [2.05, 4.69) is 25.7 Å². The van der Waals surface area contributed by atoms with Gasteiger partial charge in [-0.15, -0.1) is 10.2 Å². The summed E-state index contributed by atoms with van der Waals surface area (Å²) in [4.78, 5) is 16.6. The summed E-state index contributed by atoms with van der Waals surface area (Å²) in [6.45, 7) is 2.12. The van der Waals surface area contributed by atoms with Gasteiger partial charge in [0.15, 0.2) is 17.3 Å². The van der Waals surface area contributed by atoms with Crippen molar-refractivity contribution in [2.24, 2.45) is 5.92 Å². The molecule has 1 saturated carbocycles. The molecule has 130 valence electrons. The van der Waals surface area contributed by atoms with Crippen LogP contribution in [0.5, 0.6) is 0 Å². The monoisotopic (exact) mass is 340 g/mol. The number of aromatic nitrogens is 5. The molecule has 3 aromatic rings. The summed E-state index contributed by atoms with van der Waals surface area (Å²) >= 11 is 0. The molecule has 0 aliphatic heterocycles. The van der Waals surface area contributed by atoms with E-state index in [9.17, 15) is 4.79 Å². The molecule has 1 aliphatic rings. The van der Waals surface area contributed by atoms with Crippen LogP contribution in [0.4, 0.5) is 0 Å². The third-order valence-electron chi connectivity index (χ3n) is 4.66.